The Kier molecular flexibility index (Phi) is 5.99. The third-order valence-electron chi connectivity index (χ3n) is 7.16. The second-order valence-electron chi connectivity index (χ2n) is 9.34. The molecule has 1 unspecified atom stereocenters. The van der Waals surface area contributed by atoms with Crippen LogP contribution in [-0.2, 0) is 22.7 Å². The van der Waals surface area contributed by atoms with Crippen LogP contribution >= 0.6 is 0 Å². The lowest BCUT2D eigenvalue weighted by atomic mass is 10.0. The Bertz CT molecular complexity index is 1260. The van der Waals surface area contributed by atoms with Gasteiger partial charge >= 0.3 is 0 Å². The number of rotatable bonds is 4. The van der Waals surface area contributed by atoms with Crippen LogP contribution in [0.2, 0.25) is 0 Å². The summed E-state index contributed by atoms with van der Waals surface area (Å²) < 4.78 is 14.6. The van der Waals surface area contributed by atoms with Gasteiger partial charge in [-0.1, -0.05) is 23.8 Å². The van der Waals surface area contributed by atoms with E-state index in [1.54, 1.807) is 0 Å². The van der Waals surface area contributed by atoms with Crippen LogP contribution in [0.15, 0.2) is 30.3 Å². The van der Waals surface area contributed by atoms with E-state index in [1.165, 1.54) is 22.6 Å². The highest BCUT2D eigenvalue weighted by atomic mass is 19.1. The number of carbonyl (C=O) groups excluding carboxylic acids is 3. The molecule has 0 saturated carbocycles. The summed E-state index contributed by atoms with van der Waals surface area (Å²) in [5, 5.41) is 2.30. The van der Waals surface area contributed by atoms with E-state index in [0.29, 0.717) is 30.0 Å². The number of piperazine rings is 1. The van der Waals surface area contributed by atoms with Crippen LogP contribution in [0.3, 0.4) is 0 Å². The summed E-state index contributed by atoms with van der Waals surface area (Å²) in [4.78, 5) is 46.3. The number of aryl methyl sites for hydroxylation is 1. The molecule has 3 amide bonds. The summed E-state index contributed by atoms with van der Waals surface area (Å²) in [6, 6.07) is 7.75. The minimum Gasteiger partial charge on any atom is -0.369 e. The van der Waals surface area contributed by atoms with Gasteiger partial charge in [-0.05, 0) is 31.0 Å². The van der Waals surface area contributed by atoms with Gasteiger partial charge in [0.1, 0.15) is 11.9 Å². The first-order valence-corrected chi connectivity index (χ1v) is 11.8. The Hall–Kier alpha value is -3.77. The van der Waals surface area contributed by atoms with E-state index in [1.807, 2.05) is 25.1 Å². The normalized spacial score (nSPS) is 20.6. The molecule has 3 heterocycles. The Morgan fingerprint density at radius 2 is 1.89 bits per heavy atom. The number of fused-ring (bicyclic) bond motifs is 1. The number of hydrogen-bond acceptors (Lipinski definition) is 5. The molecule has 2 aromatic carbocycles. The number of hydrogen-bond donors (Lipinski definition) is 1. The van der Waals surface area contributed by atoms with Gasteiger partial charge in [0.25, 0.3) is 5.91 Å². The number of benzene rings is 2. The van der Waals surface area contributed by atoms with Crippen molar-refractivity contribution in [1.29, 1.82) is 0 Å². The molecule has 2 saturated heterocycles. The molecule has 0 radical (unpaired) electrons. The van der Waals surface area contributed by atoms with Gasteiger partial charge in [-0.15, -0.1) is 0 Å². The SMILES string of the molecule is [C-]#[N+]c1ccc(CN2CCN(c3cc(F)cc4c3CN(C3CCC(=O)NC3=O)C4=O)CC2)c(C)c1. The van der Waals surface area contributed by atoms with Crippen molar-refractivity contribution in [3.05, 3.63) is 69.8 Å². The predicted molar refractivity (Wildman–Crippen MR) is 127 cm³/mol. The quantitative estimate of drug-likeness (QED) is 0.544. The lowest BCUT2D eigenvalue weighted by molar-refractivity contribution is -0.136. The minimum atomic E-state index is -0.724. The van der Waals surface area contributed by atoms with Crippen molar-refractivity contribution >= 4 is 29.1 Å². The van der Waals surface area contributed by atoms with Crippen LogP contribution in [0.25, 0.3) is 4.85 Å². The number of piperidine rings is 1. The summed E-state index contributed by atoms with van der Waals surface area (Å²) in [6.45, 7) is 13.1. The van der Waals surface area contributed by atoms with Crippen LogP contribution in [0.4, 0.5) is 15.8 Å². The van der Waals surface area contributed by atoms with Gasteiger partial charge in [-0.3, -0.25) is 24.6 Å². The first-order chi connectivity index (χ1) is 16.8. The molecular formula is C26H26FN5O3. The average Bonchev–Trinajstić information content (AvgIpc) is 3.16. The molecule has 3 aliphatic heterocycles. The summed E-state index contributed by atoms with van der Waals surface area (Å²) >= 11 is 0. The third-order valence-corrected chi connectivity index (χ3v) is 7.16. The zero-order valence-corrected chi connectivity index (χ0v) is 19.5. The van der Waals surface area contributed by atoms with Gasteiger partial charge in [-0.25, -0.2) is 9.24 Å². The molecule has 1 atom stereocenters. The maximum atomic E-state index is 14.6. The summed E-state index contributed by atoms with van der Waals surface area (Å²) in [5.74, 6) is -1.65. The predicted octanol–water partition coefficient (Wildman–Crippen LogP) is 2.77. The van der Waals surface area contributed by atoms with E-state index in [9.17, 15) is 18.8 Å². The number of anilines is 1. The fourth-order valence-electron chi connectivity index (χ4n) is 5.20. The van der Waals surface area contributed by atoms with Crippen molar-refractivity contribution < 1.29 is 18.8 Å². The van der Waals surface area contributed by atoms with Crippen LogP contribution in [0.1, 0.15) is 39.9 Å². The number of carbonyl (C=O) groups is 3. The number of nitrogens with one attached hydrogen (secondary N) is 1. The first kappa shape index (κ1) is 23.0. The highest BCUT2D eigenvalue weighted by Crippen LogP contribution is 2.35. The molecule has 3 aliphatic rings. The second kappa shape index (κ2) is 9.12. The fraction of sp³-hybridized carbons (Fsp3) is 0.385. The van der Waals surface area contributed by atoms with Gasteiger partial charge in [0.2, 0.25) is 11.8 Å². The molecule has 0 aromatic heterocycles. The largest absolute Gasteiger partial charge is 0.369 e. The minimum absolute atomic E-state index is 0.180. The van der Waals surface area contributed by atoms with Gasteiger partial charge in [0, 0.05) is 62.5 Å². The van der Waals surface area contributed by atoms with E-state index in [4.69, 9.17) is 6.57 Å². The smallest absolute Gasteiger partial charge is 0.255 e. The molecule has 2 fully saturated rings. The molecule has 2 aromatic rings. The number of halogens is 1. The molecule has 0 spiro atoms. The molecule has 1 N–H and O–H groups in total. The van der Waals surface area contributed by atoms with Crippen LogP contribution < -0.4 is 10.2 Å². The zero-order chi connectivity index (χ0) is 24.7. The van der Waals surface area contributed by atoms with E-state index in [-0.39, 0.29) is 31.2 Å². The maximum absolute atomic E-state index is 14.6. The molecule has 0 bridgehead atoms. The molecule has 180 valence electrons. The van der Waals surface area contributed by atoms with Crippen molar-refractivity contribution in [2.24, 2.45) is 0 Å². The van der Waals surface area contributed by atoms with Crippen molar-refractivity contribution in [1.82, 2.24) is 15.1 Å². The molecule has 5 rings (SSSR count). The molecule has 35 heavy (non-hydrogen) atoms. The van der Waals surface area contributed by atoms with Gasteiger partial charge in [0.15, 0.2) is 5.69 Å². The molecular weight excluding hydrogens is 449 g/mol. The summed E-state index contributed by atoms with van der Waals surface area (Å²) in [7, 11) is 0. The Morgan fingerprint density at radius 1 is 1.11 bits per heavy atom. The fourth-order valence-corrected chi connectivity index (χ4v) is 5.20. The van der Waals surface area contributed by atoms with Crippen LogP contribution in [0.5, 0.6) is 0 Å². The molecule has 8 nitrogen and oxygen atoms in total. The van der Waals surface area contributed by atoms with Crippen LogP contribution in [0, 0.1) is 19.3 Å². The van der Waals surface area contributed by atoms with Gasteiger partial charge in [-0.2, -0.15) is 0 Å². The third kappa shape index (κ3) is 4.37. The highest BCUT2D eigenvalue weighted by molar-refractivity contribution is 6.06. The summed E-state index contributed by atoms with van der Waals surface area (Å²) in [5.41, 5.74) is 4.64. The van der Waals surface area contributed by atoms with E-state index in [2.05, 4.69) is 20.0 Å². The van der Waals surface area contributed by atoms with E-state index >= 15 is 0 Å². The Balaban J connectivity index is 1.30. The van der Waals surface area contributed by atoms with Crippen molar-refractivity contribution in [2.45, 2.75) is 38.9 Å². The maximum Gasteiger partial charge on any atom is 0.255 e. The lowest BCUT2D eigenvalue weighted by Gasteiger charge is -2.37. The van der Waals surface area contributed by atoms with E-state index < -0.39 is 17.8 Å². The average molecular weight is 476 g/mol. The van der Waals surface area contributed by atoms with Crippen molar-refractivity contribution in [3.8, 4) is 0 Å². The number of nitrogens with zero attached hydrogens (tertiary/aromatic N) is 4. The van der Waals surface area contributed by atoms with Gasteiger partial charge < -0.3 is 9.80 Å². The second-order valence-corrected chi connectivity index (χ2v) is 9.34. The van der Waals surface area contributed by atoms with E-state index in [0.717, 1.165) is 30.8 Å². The van der Waals surface area contributed by atoms with Crippen molar-refractivity contribution in [3.63, 3.8) is 0 Å². The zero-order valence-electron chi connectivity index (χ0n) is 19.5. The van der Waals surface area contributed by atoms with Gasteiger partial charge in [0.05, 0.1) is 6.57 Å². The standard InChI is InChI=1S/C26H26FN5O3/c1-16-11-19(28-2)4-3-17(16)14-30-7-9-31(10-8-30)23-13-18(27)12-20-21(23)15-32(26(20)35)22-5-6-24(33)29-25(22)34/h3-4,11-13,22H,5-10,14-15H2,1H3,(H,29,33,34). The molecule has 9 heteroatoms. The summed E-state index contributed by atoms with van der Waals surface area (Å²) in [6.07, 6.45) is 0.455. The first-order valence-electron chi connectivity index (χ1n) is 11.8. The lowest BCUT2D eigenvalue weighted by Crippen LogP contribution is -2.52. The van der Waals surface area contributed by atoms with Crippen molar-refractivity contribution in [2.75, 3.05) is 31.1 Å². The molecule has 0 aliphatic carbocycles. The Labute approximate surface area is 203 Å². The number of imide groups is 1. The highest BCUT2D eigenvalue weighted by Gasteiger charge is 2.41. The topological polar surface area (TPSA) is 77.3 Å². The van der Waals surface area contributed by atoms with Crippen LogP contribution in [-0.4, -0.2) is 59.7 Å². The monoisotopic (exact) mass is 475 g/mol. The number of amides is 3. The Morgan fingerprint density at radius 3 is 2.57 bits per heavy atom.